The zero-order valence-electron chi connectivity index (χ0n) is 11.4. The fourth-order valence-corrected chi connectivity index (χ4v) is 2.94. The van der Waals surface area contributed by atoms with Crippen molar-refractivity contribution < 1.29 is 0 Å². The molecule has 20 heavy (non-hydrogen) atoms. The van der Waals surface area contributed by atoms with Gasteiger partial charge in [0, 0.05) is 39.8 Å². The Balaban J connectivity index is 2.48. The Bertz CT molecular complexity index is 616. The molecule has 0 radical (unpaired) electrons. The average molecular weight is 309 g/mol. The Kier molecular flexibility index (Phi) is 4.75. The first-order chi connectivity index (χ1) is 9.51. The van der Waals surface area contributed by atoms with Crippen molar-refractivity contribution in [3.8, 4) is 11.1 Å². The second-order valence-corrected chi connectivity index (χ2v) is 6.80. The summed E-state index contributed by atoms with van der Waals surface area (Å²) in [5.74, 6) is 5.48. The highest BCUT2D eigenvalue weighted by molar-refractivity contribution is 8.01. The zero-order chi connectivity index (χ0) is 14.7. The molecule has 0 saturated carbocycles. The predicted octanol–water partition coefficient (Wildman–Crippen LogP) is 3.60. The van der Waals surface area contributed by atoms with Gasteiger partial charge in [-0.3, -0.25) is 10.8 Å². The summed E-state index contributed by atoms with van der Waals surface area (Å²) in [6, 6.07) is 5.85. The fraction of sp³-hybridized carbons (Fsp3) is 0.214. The molecular weight excluding hydrogens is 292 g/mol. The number of benzene rings is 1. The van der Waals surface area contributed by atoms with Crippen LogP contribution in [0.1, 0.15) is 12.5 Å². The maximum absolute atomic E-state index is 6.16. The Hall–Kier alpha value is -1.43. The summed E-state index contributed by atoms with van der Waals surface area (Å²) in [6.07, 6.45) is 3.58. The highest BCUT2D eigenvalue weighted by Gasteiger charge is 2.09. The molecule has 1 unspecified atom stereocenters. The summed E-state index contributed by atoms with van der Waals surface area (Å²) >= 11 is 7.55. The fourth-order valence-electron chi connectivity index (χ4n) is 1.94. The van der Waals surface area contributed by atoms with Crippen LogP contribution in [-0.4, -0.2) is 9.69 Å². The minimum Gasteiger partial charge on any atom is -0.398 e. The van der Waals surface area contributed by atoms with E-state index >= 15 is 0 Å². The van der Waals surface area contributed by atoms with Gasteiger partial charge in [-0.2, -0.15) is 0 Å². The van der Waals surface area contributed by atoms with E-state index in [0.29, 0.717) is 0 Å². The van der Waals surface area contributed by atoms with Crippen molar-refractivity contribution in [3.05, 3.63) is 36.2 Å². The molecule has 2 rings (SSSR count). The van der Waals surface area contributed by atoms with Gasteiger partial charge in [-0.1, -0.05) is 0 Å². The minimum absolute atomic E-state index is 0.0109. The number of halogens is 1. The first-order valence-corrected chi connectivity index (χ1v) is 7.45. The molecule has 4 nitrogen and oxygen atoms in total. The van der Waals surface area contributed by atoms with Gasteiger partial charge >= 0.3 is 0 Å². The molecular formula is C14H17ClN4S. The van der Waals surface area contributed by atoms with E-state index in [2.05, 4.69) is 10.4 Å². The van der Waals surface area contributed by atoms with Gasteiger partial charge in [0.25, 0.3) is 0 Å². The summed E-state index contributed by atoms with van der Waals surface area (Å²) in [4.78, 5) is 5.26. The smallest absolute Gasteiger partial charge is 0.0808 e. The number of aromatic nitrogens is 1. The van der Waals surface area contributed by atoms with Gasteiger partial charge in [-0.05, 0) is 37.6 Å². The van der Waals surface area contributed by atoms with E-state index < -0.39 is 0 Å². The van der Waals surface area contributed by atoms with Gasteiger partial charge in [0.2, 0.25) is 0 Å². The Morgan fingerprint density at radius 1 is 1.30 bits per heavy atom. The van der Waals surface area contributed by atoms with E-state index in [-0.39, 0.29) is 4.71 Å². The second kappa shape index (κ2) is 6.35. The number of anilines is 2. The van der Waals surface area contributed by atoms with Crippen molar-refractivity contribution in [2.75, 3.05) is 11.2 Å². The monoisotopic (exact) mass is 308 g/mol. The summed E-state index contributed by atoms with van der Waals surface area (Å²) < 4.78 is -0.0109. The number of aryl methyl sites for hydroxylation is 1. The van der Waals surface area contributed by atoms with E-state index in [1.54, 1.807) is 24.2 Å². The third kappa shape index (κ3) is 3.36. The van der Waals surface area contributed by atoms with Gasteiger partial charge in [0.05, 0.1) is 4.71 Å². The lowest BCUT2D eigenvalue weighted by Gasteiger charge is -2.12. The van der Waals surface area contributed by atoms with Crippen LogP contribution < -0.4 is 17.0 Å². The van der Waals surface area contributed by atoms with E-state index in [4.69, 9.17) is 23.2 Å². The number of thioether (sulfide) groups is 1. The van der Waals surface area contributed by atoms with Gasteiger partial charge in [-0.15, -0.1) is 23.4 Å². The van der Waals surface area contributed by atoms with Gasteiger partial charge < -0.3 is 11.2 Å². The van der Waals surface area contributed by atoms with Crippen molar-refractivity contribution in [3.63, 3.8) is 0 Å². The number of pyridine rings is 1. The maximum atomic E-state index is 6.16. The van der Waals surface area contributed by atoms with Crippen LogP contribution in [0.5, 0.6) is 0 Å². The molecule has 106 valence electrons. The number of alkyl halides is 1. The van der Waals surface area contributed by atoms with Crippen LogP contribution in [0.2, 0.25) is 0 Å². The molecule has 0 spiro atoms. The third-order valence-electron chi connectivity index (χ3n) is 2.88. The molecule has 5 N–H and O–H groups in total. The molecule has 0 fully saturated rings. The Morgan fingerprint density at radius 3 is 2.70 bits per heavy atom. The lowest BCUT2D eigenvalue weighted by molar-refractivity contribution is 1.23. The van der Waals surface area contributed by atoms with Crippen molar-refractivity contribution in [2.24, 2.45) is 5.84 Å². The first kappa shape index (κ1) is 15.0. The topological polar surface area (TPSA) is 77.0 Å². The summed E-state index contributed by atoms with van der Waals surface area (Å²) in [6.45, 7) is 3.88. The molecule has 2 aromatic rings. The third-order valence-corrected chi connectivity index (χ3v) is 3.96. The van der Waals surface area contributed by atoms with Gasteiger partial charge in [-0.25, -0.2) is 0 Å². The first-order valence-electron chi connectivity index (χ1n) is 6.14. The zero-order valence-corrected chi connectivity index (χ0v) is 12.9. The van der Waals surface area contributed by atoms with Crippen LogP contribution in [0.15, 0.2) is 35.5 Å². The van der Waals surface area contributed by atoms with Crippen molar-refractivity contribution in [1.82, 2.24) is 4.98 Å². The van der Waals surface area contributed by atoms with E-state index in [9.17, 15) is 0 Å². The number of hydrogen-bond acceptors (Lipinski definition) is 5. The molecule has 0 aliphatic rings. The Morgan fingerprint density at radius 2 is 2.05 bits per heavy atom. The van der Waals surface area contributed by atoms with Crippen molar-refractivity contribution >= 4 is 34.7 Å². The van der Waals surface area contributed by atoms with Crippen LogP contribution in [0.4, 0.5) is 11.4 Å². The molecule has 1 aromatic carbocycles. The largest absolute Gasteiger partial charge is 0.398 e. The molecule has 1 heterocycles. The molecule has 6 heteroatoms. The average Bonchev–Trinajstić information content (AvgIpc) is 2.41. The van der Waals surface area contributed by atoms with Gasteiger partial charge in [0.1, 0.15) is 0 Å². The van der Waals surface area contributed by atoms with Crippen molar-refractivity contribution in [1.29, 1.82) is 0 Å². The van der Waals surface area contributed by atoms with Crippen molar-refractivity contribution in [2.45, 2.75) is 23.5 Å². The standard InChI is InChI=1S/C14H17ClN4S/c1-8-3-11(19-17)5-13(14(8)16)10-4-12(7-18-6-10)20-9(2)15/h3-7,9,19H,16-17H2,1-2H3. The lowest BCUT2D eigenvalue weighted by Crippen LogP contribution is -2.08. The molecule has 0 bridgehead atoms. The summed E-state index contributed by atoms with van der Waals surface area (Å²) in [5.41, 5.74) is 13.2. The second-order valence-electron chi connectivity index (χ2n) is 4.47. The van der Waals surface area contributed by atoms with Crippen LogP contribution in [0.3, 0.4) is 0 Å². The lowest BCUT2D eigenvalue weighted by atomic mass is 10.0. The van der Waals surface area contributed by atoms with Crippen LogP contribution >= 0.6 is 23.4 Å². The van der Waals surface area contributed by atoms with Crippen LogP contribution in [0, 0.1) is 6.92 Å². The minimum atomic E-state index is -0.0109. The number of nitrogen functional groups attached to an aromatic ring is 2. The quantitative estimate of drug-likeness (QED) is 0.264. The highest BCUT2D eigenvalue weighted by Crippen LogP contribution is 2.34. The Labute approximate surface area is 127 Å². The van der Waals surface area contributed by atoms with Crippen LogP contribution in [-0.2, 0) is 0 Å². The van der Waals surface area contributed by atoms with E-state index in [1.807, 2.05) is 32.0 Å². The normalized spacial score (nSPS) is 12.2. The number of nitrogens with two attached hydrogens (primary N) is 2. The number of hydrogen-bond donors (Lipinski definition) is 3. The predicted molar refractivity (Wildman–Crippen MR) is 87.8 cm³/mol. The SMILES string of the molecule is Cc1cc(NN)cc(-c2cncc(SC(C)Cl)c2)c1N. The number of nitrogens with zero attached hydrogens (tertiary/aromatic N) is 1. The maximum Gasteiger partial charge on any atom is 0.0808 e. The van der Waals surface area contributed by atoms with Gasteiger partial charge in [0.15, 0.2) is 0 Å². The molecule has 0 aliphatic carbocycles. The highest BCUT2D eigenvalue weighted by atomic mass is 35.5. The summed E-state index contributed by atoms with van der Waals surface area (Å²) in [5, 5.41) is 0. The summed E-state index contributed by atoms with van der Waals surface area (Å²) in [7, 11) is 0. The molecule has 0 saturated heterocycles. The van der Waals surface area contributed by atoms with E-state index in [1.165, 1.54) is 0 Å². The van der Waals surface area contributed by atoms with E-state index in [0.717, 1.165) is 33.0 Å². The number of hydrazine groups is 1. The number of rotatable bonds is 4. The molecule has 0 aliphatic heterocycles. The number of nitrogens with one attached hydrogen (secondary N) is 1. The molecule has 1 atom stereocenters. The van der Waals surface area contributed by atoms with Crippen LogP contribution in [0.25, 0.3) is 11.1 Å². The molecule has 1 aromatic heterocycles. The molecule has 0 amide bonds.